The smallest absolute Gasteiger partial charge is 0.268 e. The van der Waals surface area contributed by atoms with Gasteiger partial charge in [-0.05, 0) is 32.0 Å². The Morgan fingerprint density at radius 1 is 1.13 bits per heavy atom. The molecule has 0 atom stereocenters. The Morgan fingerprint density at radius 3 is 2.53 bits per heavy atom. The van der Waals surface area contributed by atoms with Gasteiger partial charge in [0.1, 0.15) is 17.5 Å². The summed E-state index contributed by atoms with van der Waals surface area (Å²) in [6.07, 6.45) is 0. The first-order valence-electron chi connectivity index (χ1n) is 9.54. The number of aryl methyl sites for hydroxylation is 1. The zero-order chi connectivity index (χ0) is 21.3. The lowest BCUT2D eigenvalue weighted by Gasteiger charge is -2.13. The molecule has 0 spiro atoms. The van der Waals surface area contributed by atoms with Crippen molar-refractivity contribution >= 4 is 28.9 Å². The number of nitrogens with zero attached hydrogens (tertiary/aromatic N) is 4. The molecule has 7 heteroatoms. The van der Waals surface area contributed by atoms with Gasteiger partial charge in [0, 0.05) is 18.2 Å². The lowest BCUT2D eigenvalue weighted by molar-refractivity contribution is -0.114. The predicted octanol–water partition coefficient (Wildman–Crippen LogP) is 3.46. The van der Waals surface area contributed by atoms with Crippen molar-refractivity contribution in [3.05, 3.63) is 77.5 Å². The van der Waals surface area contributed by atoms with Gasteiger partial charge in [-0.3, -0.25) is 9.59 Å². The fourth-order valence-electron chi connectivity index (χ4n) is 3.59. The molecule has 4 rings (SSSR count). The maximum absolute atomic E-state index is 13.1. The zero-order valence-corrected chi connectivity index (χ0v) is 16.6. The van der Waals surface area contributed by atoms with Crippen molar-refractivity contribution < 1.29 is 9.59 Å². The zero-order valence-electron chi connectivity index (χ0n) is 16.6. The molecule has 3 aromatic rings. The lowest BCUT2D eigenvalue weighted by Crippen LogP contribution is -2.27. The SMILES string of the molecule is CCN1C(=O)C(=C(C#N)C(=O)Nc2cc(C)nn2-c2ccccc2)c2ccccc21. The highest BCUT2D eigenvalue weighted by molar-refractivity contribution is 6.37. The minimum absolute atomic E-state index is 0.120. The van der Waals surface area contributed by atoms with Crippen molar-refractivity contribution in [3.8, 4) is 11.8 Å². The van der Waals surface area contributed by atoms with E-state index in [9.17, 15) is 14.9 Å². The van der Waals surface area contributed by atoms with E-state index >= 15 is 0 Å². The molecule has 1 aliphatic rings. The van der Waals surface area contributed by atoms with Gasteiger partial charge in [-0.1, -0.05) is 36.4 Å². The number of nitrogens with one attached hydrogen (secondary N) is 1. The molecule has 2 heterocycles. The number of aromatic nitrogens is 2. The summed E-state index contributed by atoms with van der Waals surface area (Å²) in [6.45, 7) is 4.11. The highest BCUT2D eigenvalue weighted by Crippen LogP contribution is 2.38. The standard InChI is InChI=1S/C23H19N5O2/c1-3-27-19-12-8-7-11-17(19)21(23(27)30)18(14-24)22(29)25-20-13-15(2)26-28(20)16-9-5-4-6-10-16/h4-13H,3H2,1-2H3,(H,25,29). The van der Waals surface area contributed by atoms with Crippen LogP contribution in [-0.2, 0) is 9.59 Å². The van der Waals surface area contributed by atoms with E-state index in [1.165, 1.54) is 0 Å². The average Bonchev–Trinajstić information content (AvgIpc) is 3.26. The Labute approximate surface area is 173 Å². The van der Waals surface area contributed by atoms with Gasteiger partial charge in [0.05, 0.1) is 22.6 Å². The number of para-hydroxylation sites is 2. The van der Waals surface area contributed by atoms with Crippen LogP contribution in [0.1, 0.15) is 18.2 Å². The number of likely N-dealkylation sites (N-methyl/N-ethyl adjacent to an activating group) is 1. The molecule has 0 saturated carbocycles. The number of hydrogen-bond acceptors (Lipinski definition) is 4. The summed E-state index contributed by atoms with van der Waals surface area (Å²) in [6, 6.07) is 20.2. The van der Waals surface area contributed by atoms with Crippen LogP contribution < -0.4 is 10.2 Å². The maximum Gasteiger partial charge on any atom is 0.268 e. The molecule has 0 fully saturated rings. The van der Waals surface area contributed by atoms with Crippen LogP contribution in [0.15, 0.2) is 66.2 Å². The quantitative estimate of drug-likeness (QED) is 0.539. The first-order chi connectivity index (χ1) is 14.5. The number of anilines is 2. The van der Waals surface area contributed by atoms with Crippen molar-refractivity contribution in [2.24, 2.45) is 0 Å². The second-order valence-electron chi connectivity index (χ2n) is 6.80. The molecule has 1 aliphatic heterocycles. The molecule has 2 amide bonds. The Hall–Kier alpha value is -4.18. The van der Waals surface area contributed by atoms with E-state index < -0.39 is 5.91 Å². The molecule has 0 unspecified atom stereocenters. The van der Waals surface area contributed by atoms with Crippen LogP contribution in [0.25, 0.3) is 11.3 Å². The topological polar surface area (TPSA) is 91.0 Å². The first kappa shape index (κ1) is 19.2. The van der Waals surface area contributed by atoms with Crippen molar-refractivity contribution in [3.63, 3.8) is 0 Å². The summed E-state index contributed by atoms with van der Waals surface area (Å²) in [5.41, 5.74) is 2.66. The van der Waals surface area contributed by atoms with Gasteiger partial charge in [0.2, 0.25) is 0 Å². The third-order valence-electron chi connectivity index (χ3n) is 4.90. The fourth-order valence-corrected chi connectivity index (χ4v) is 3.59. The molecule has 1 aromatic heterocycles. The molecular formula is C23H19N5O2. The Kier molecular flexibility index (Phi) is 4.90. The lowest BCUT2D eigenvalue weighted by atomic mass is 10.0. The van der Waals surface area contributed by atoms with Crippen LogP contribution in [0.2, 0.25) is 0 Å². The van der Waals surface area contributed by atoms with E-state index in [2.05, 4.69) is 10.4 Å². The molecule has 0 bridgehead atoms. The number of carbonyl (C=O) groups is 2. The van der Waals surface area contributed by atoms with Crippen LogP contribution >= 0.6 is 0 Å². The highest BCUT2D eigenvalue weighted by Gasteiger charge is 2.35. The van der Waals surface area contributed by atoms with Crippen molar-refractivity contribution in [2.45, 2.75) is 13.8 Å². The fraction of sp³-hybridized carbons (Fsp3) is 0.130. The van der Waals surface area contributed by atoms with Gasteiger partial charge >= 0.3 is 0 Å². The molecule has 2 aromatic carbocycles. The van der Waals surface area contributed by atoms with Crippen LogP contribution in [0.4, 0.5) is 11.5 Å². The number of fused-ring (bicyclic) bond motifs is 1. The molecule has 7 nitrogen and oxygen atoms in total. The van der Waals surface area contributed by atoms with E-state index in [1.807, 2.05) is 62.4 Å². The van der Waals surface area contributed by atoms with Gasteiger partial charge in [0.15, 0.2) is 0 Å². The summed E-state index contributed by atoms with van der Waals surface area (Å²) < 4.78 is 1.59. The molecule has 148 valence electrons. The number of benzene rings is 2. The van der Waals surface area contributed by atoms with E-state index in [0.29, 0.717) is 29.3 Å². The Bertz CT molecular complexity index is 1220. The summed E-state index contributed by atoms with van der Waals surface area (Å²) in [5, 5.41) is 16.9. The number of hydrogen-bond donors (Lipinski definition) is 1. The number of carbonyl (C=O) groups excluding carboxylic acids is 2. The molecule has 0 radical (unpaired) electrons. The molecule has 30 heavy (non-hydrogen) atoms. The minimum Gasteiger partial charge on any atom is -0.308 e. The summed E-state index contributed by atoms with van der Waals surface area (Å²) in [5.74, 6) is -0.577. The van der Waals surface area contributed by atoms with Crippen LogP contribution in [-0.4, -0.2) is 28.1 Å². The second kappa shape index (κ2) is 7.68. The monoisotopic (exact) mass is 397 g/mol. The van der Waals surface area contributed by atoms with E-state index in [-0.39, 0.29) is 17.1 Å². The van der Waals surface area contributed by atoms with E-state index in [0.717, 1.165) is 5.69 Å². The first-order valence-corrected chi connectivity index (χ1v) is 9.54. The molecule has 0 aliphatic carbocycles. The molecule has 1 N–H and O–H groups in total. The molecular weight excluding hydrogens is 378 g/mol. The summed E-state index contributed by atoms with van der Waals surface area (Å²) in [7, 11) is 0. The van der Waals surface area contributed by atoms with E-state index in [4.69, 9.17) is 0 Å². The largest absolute Gasteiger partial charge is 0.308 e. The normalized spacial score (nSPS) is 14.3. The predicted molar refractivity (Wildman–Crippen MR) is 114 cm³/mol. The van der Waals surface area contributed by atoms with Gasteiger partial charge in [-0.15, -0.1) is 0 Å². The van der Waals surface area contributed by atoms with Crippen molar-refractivity contribution in [1.29, 1.82) is 5.26 Å². The third kappa shape index (κ3) is 3.14. The van der Waals surface area contributed by atoms with Crippen molar-refractivity contribution in [1.82, 2.24) is 9.78 Å². The molecule has 0 saturated heterocycles. The number of rotatable bonds is 4. The maximum atomic E-state index is 13.1. The number of amides is 2. The van der Waals surface area contributed by atoms with Gasteiger partial charge in [-0.25, -0.2) is 4.68 Å². The Morgan fingerprint density at radius 2 is 1.83 bits per heavy atom. The van der Waals surface area contributed by atoms with Crippen LogP contribution in [0, 0.1) is 18.3 Å². The third-order valence-corrected chi connectivity index (χ3v) is 4.90. The Balaban J connectivity index is 1.76. The summed E-state index contributed by atoms with van der Waals surface area (Å²) >= 11 is 0. The average molecular weight is 397 g/mol. The highest BCUT2D eigenvalue weighted by atomic mass is 16.2. The van der Waals surface area contributed by atoms with Crippen LogP contribution in [0.3, 0.4) is 0 Å². The number of nitriles is 1. The van der Waals surface area contributed by atoms with Crippen molar-refractivity contribution in [2.75, 3.05) is 16.8 Å². The van der Waals surface area contributed by atoms with Gasteiger partial charge in [-0.2, -0.15) is 10.4 Å². The van der Waals surface area contributed by atoms with Crippen LogP contribution in [0.5, 0.6) is 0 Å². The summed E-state index contributed by atoms with van der Waals surface area (Å²) in [4.78, 5) is 27.6. The van der Waals surface area contributed by atoms with E-state index in [1.54, 1.807) is 27.8 Å². The second-order valence-corrected chi connectivity index (χ2v) is 6.80. The minimum atomic E-state index is -0.648. The van der Waals surface area contributed by atoms with Gasteiger partial charge < -0.3 is 10.2 Å². The van der Waals surface area contributed by atoms with Gasteiger partial charge in [0.25, 0.3) is 11.8 Å².